The van der Waals surface area contributed by atoms with Crippen LogP contribution in [0.4, 0.5) is 0 Å². The van der Waals surface area contributed by atoms with E-state index in [4.69, 9.17) is 14.2 Å². The fourth-order valence-electron chi connectivity index (χ4n) is 4.66. The summed E-state index contributed by atoms with van der Waals surface area (Å²) >= 11 is 0. The SMILES string of the molecule is CCCN(CCC1COC2(CC=C(C(C)(C)CC)CC2)O1)CC1CCCO1. The maximum Gasteiger partial charge on any atom is 0.172 e. The molecule has 27 heavy (non-hydrogen) atoms. The quantitative estimate of drug-likeness (QED) is 0.532. The molecule has 3 rings (SSSR count). The molecule has 1 aliphatic carbocycles. The number of ether oxygens (including phenoxy) is 3. The van der Waals surface area contributed by atoms with E-state index in [2.05, 4.69) is 38.7 Å². The lowest BCUT2D eigenvalue weighted by Crippen LogP contribution is -2.36. The molecule has 3 aliphatic rings. The van der Waals surface area contributed by atoms with Crippen LogP contribution in [0.3, 0.4) is 0 Å². The Bertz CT molecular complexity index is 498. The van der Waals surface area contributed by atoms with Crippen LogP contribution < -0.4 is 0 Å². The van der Waals surface area contributed by atoms with Gasteiger partial charge in [0, 0.05) is 32.5 Å². The summed E-state index contributed by atoms with van der Waals surface area (Å²) in [7, 11) is 0. The van der Waals surface area contributed by atoms with Crippen molar-refractivity contribution in [2.24, 2.45) is 5.41 Å². The molecule has 3 unspecified atom stereocenters. The first-order valence-corrected chi connectivity index (χ1v) is 11.3. The maximum absolute atomic E-state index is 6.46. The van der Waals surface area contributed by atoms with Crippen LogP contribution in [0.2, 0.25) is 0 Å². The predicted octanol–water partition coefficient (Wildman–Crippen LogP) is 4.93. The third-order valence-corrected chi connectivity index (χ3v) is 6.89. The summed E-state index contributed by atoms with van der Waals surface area (Å²) in [5, 5.41) is 0. The van der Waals surface area contributed by atoms with E-state index >= 15 is 0 Å². The number of allylic oxidation sites excluding steroid dienone is 1. The highest BCUT2D eigenvalue weighted by Gasteiger charge is 2.43. The highest BCUT2D eigenvalue weighted by molar-refractivity contribution is 5.17. The molecule has 0 aromatic rings. The van der Waals surface area contributed by atoms with Crippen molar-refractivity contribution in [3.63, 3.8) is 0 Å². The van der Waals surface area contributed by atoms with Crippen molar-refractivity contribution >= 4 is 0 Å². The molecular formula is C23H41NO3. The smallest absolute Gasteiger partial charge is 0.172 e. The first kappa shape index (κ1) is 21.3. The summed E-state index contributed by atoms with van der Waals surface area (Å²) in [5.74, 6) is -0.345. The average Bonchev–Trinajstić information content (AvgIpc) is 3.31. The van der Waals surface area contributed by atoms with Crippen molar-refractivity contribution in [1.82, 2.24) is 4.90 Å². The first-order chi connectivity index (χ1) is 13.0. The molecule has 0 bridgehead atoms. The third kappa shape index (κ3) is 5.56. The van der Waals surface area contributed by atoms with Gasteiger partial charge in [-0.15, -0.1) is 0 Å². The number of nitrogens with zero attached hydrogens (tertiary/aromatic N) is 1. The van der Waals surface area contributed by atoms with Gasteiger partial charge in [0.05, 0.1) is 18.8 Å². The summed E-state index contributed by atoms with van der Waals surface area (Å²) < 4.78 is 18.5. The second kappa shape index (κ2) is 9.39. The maximum atomic E-state index is 6.46. The second-order valence-electron chi connectivity index (χ2n) is 9.36. The number of hydrogen-bond acceptors (Lipinski definition) is 4. The van der Waals surface area contributed by atoms with Gasteiger partial charge in [0.25, 0.3) is 0 Å². The van der Waals surface area contributed by atoms with Crippen molar-refractivity contribution in [3.05, 3.63) is 11.6 Å². The van der Waals surface area contributed by atoms with Crippen LogP contribution in [0.1, 0.15) is 79.1 Å². The van der Waals surface area contributed by atoms with Crippen molar-refractivity contribution in [2.45, 2.75) is 97.1 Å². The highest BCUT2D eigenvalue weighted by atomic mass is 16.7. The molecule has 0 amide bonds. The highest BCUT2D eigenvalue weighted by Crippen LogP contribution is 2.43. The molecule has 0 radical (unpaired) electrons. The minimum atomic E-state index is -0.345. The molecule has 2 heterocycles. The second-order valence-corrected chi connectivity index (χ2v) is 9.36. The van der Waals surface area contributed by atoms with Crippen LogP contribution in [0.5, 0.6) is 0 Å². The molecular weight excluding hydrogens is 338 g/mol. The Morgan fingerprint density at radius 2 is 2.07 bits per heavy atom. The van der Waals surface area contributed by atoms with Crippen LogP contribution >= 0.6 is 0 Å². The predicted molar refractivity (Wildman–Crippen MR) is 110 cm³/mol. The van der Waals surface area contributed by atoms with Crippen LogP contribution in [-0.2, 0) is 14.2 Å². The Morgan fingerprint density at radius 3 is 2.70 bits per heavy atom. The Hall–Kier alpha value is -0.420. The van der Waals surface area contributed by atoms with E-state index in [0.717, 1.165) is 58.5 Å². The molecule has 4 heteroatoms. The normalized spacial score (nSPS) is 31.8. The van der Waals surface area contributed by atoms with Gasteiger partial charge in [0.2, 0.25) is 0 Å². The molecule has 0 N–H and O–H groups in total. The summed E-state index contributed by atoms with van der Waals surface area (Å²) in [6, 6.07) is 0. The molecule has 2 fully saturated rings. The van der Waals surface area contributed by atoms with Crippen molar-refractivity contribution < 1.29 is 14.2 Å². The largest absolute Gasteiger partial charge is 0.377 e. The zero-order valence-corrected chi connectivity index (χ0v) is 18.1. The number of rotatable bonds is 9. The standard InChI is InChI=1S/C23H41NO3/c1-5-14-24(17-20-8-7-16-25-20)15-11-21-18-26-23(27-21)12-9-19(10-13-23)22(3,4)6-2/h9,20-21H,5-8,10-18H2,1-4H3. The molecule has 0 aromatic heterocycles. The zero-order chi connectivity index (χ0) is 19.3. The zero-order valence-electron chi connectivity index (χ0n) is 18.1. The summed E-state index contributed by atoms with van der Waals surface area (Å²) in [6.45, 7) is 14.2. The van der Waals surface area contributed by atoms with E-state index in [9.17, 15) is 0 Å². The summed E-state index contributed by atoms with van der Waals surface area (Å²) in [5.41, 5.74) is 1.89. The van der Waals surface area contributed by atoms with Gasteiger partial charge >= 0.3 is 0 Å². The molecule has 4 nitrogen and oxygen atoms in total. The van der Waals surface area contributed by atoms with Crippen LogP contribution in [0.15, 0.2) is 11.6 Å². The van der Waals surface area contributed by atoms with E-state index in [-0.39, 0.29) is 11.9 Å². The molecule has 0 saturated carbocycles. The van der Waals surface area contributed by atoms with Gasteiger partial charge in [-0.1, -0.05) is 39.3 Å². The summed E-state index contributed by atoms with van der Waals surface area (Å²) in [4.78, 5) is 2.56. The van der Waals surface area contributed by atoms with E-state index < -0.39 is 0 Å². The Balaban J connectivity index is 1.46. The number of hydrogen-bond donors (Lipinski definition) is 0. The van der Waals surface area contributed by atoms with E-state index in [1.807, 2.05) is 0 Å². The lowest BCUT2D eigenvalue weighted by molar-refractivity contribution is -0.174. The van der Waals surface area contributed by atoms with E-state index in [1.165, 1.54) is 25.7 Å². The van der Waals surface area contributed by atoms with E-state index in [1.54, 1.807) is 5.57 Å². The van der Waals surface area contributed by atoms with Gasteiger partial charge in [-0.25, -0.2) is 0 Å². The van der Waals surface area contributed by atoms with Crippen molar-refractivity contribution in [1.29, 1.82) is 0 Å². The van der Waals surface area contributed by atoms with Gasteiger partial charge in [0.1, 0.15) is 0 Å². The van der Waals surface area contributed by atoms with Crippen molar-refractivity contribution in [2.75, 3.05) is 32.8 Å². The van der Waals surface area contributed by atoms with Crippen molar-refractivity contribution in [3.8, 4) is 0 Å². The van der Waals surface area contributed by atoms with Crippen LogP contribution in [-0.4, -0.2) is 55.7 Å². The topological polar surface area (TPSA) is 30.9 Å². The lowest BCUT2D eigenvalue weighted by Gasteiger charge is -2.36. The van der Waals surface area contributed by atoms with Gasteiger partial charge in [-0.3, -0.25) is 0 Å². The summed E-state index contributed by atoms with van der Waals surface area (Å²) in [6.07, 6.45) is 12.0. The van der Waals surface area contributed by atoms with Crippen LogP contribution in [0.25, 0.3) is 0 Å². The van der Waals surface area contributed by atoms with E-state index in [0.29, 0.717) is 11.5 Å². The van der Waals surface area contributed by atoms with Gasteiger partial charge < -0.3 is 19.1 Å². The van der Waals surface area contributed by atoms with Gasteiger partial charge in [0.15, 0.2) is 5.79 Å². The Kier molecular flexibility index (Phi) is 7.40. The molecule has 3 atom stereocenters. The Morgan fingerprint density at radius 1 is 1.22 bits per heavy atom. The minimum Gasteiger partial charge on any atom is -0.377 e. The van der Waals surface area contributed by atoms with Crippen LogP contribution in [0, 0.1) is 5.41 Å². The van der Waals surface area contributed by atoms with Gasteiger partial charge in [-0.05, 0) is 50.5 Å². The average molecular weight is 380 g/mol. The van der Waals surface area contributed by atoms with Gasteiger partial charge in [-0.2, -0.15) is 0 Å². The first-order valence-electron chi connectivity index (χ1n) is 11.3. The fraction of sp³-hybridized carbons (Fsp3) is 0.913. The fourth-order valence-corrected chi connectivity index (χ4v) is 4.66. The molecule has 0 aromatic carbocycles. The monoisotopic (exact) mass is 379 g/mol. The Labute approximate surface area is 166 Å². The lowest BCUT2D eigenvalue weighted by atomic mass is 9.75. The molecule has 2 saturated heterocycles. The molecule has 1 spiro atoms. The molecule has 156 valence electrons. The third-order valence-electron chi connectivity index (χ3n) is 6.89. The minimum absolute atomic E-state index is 0.239. The molecule has 2 aliphatic heterocycles.